The molecule has 1 heterocycles. The molecule has 1 aliphatic carbocycles. The lowest BCUT2D eigenvalue weighted by Gasteiger charge is -2.25. The van der Waals surface area contributed by atoms with Gasteiger partial charge in [-0.15, -0.1) is 11.8 Å². The number of amidine groups is 1. The van der Waals surface area contributed by atoms with E-state index in [9.17, 15) is 0 Å². The van der Waals surface area contributed by atoms with Crippen LogP contribution in [0.5, 0.6) is 0 Å². The van der Waals surface area contributed by atoms with Gasteiger partial charge in [0.2, 0.25) is 0 Å². The second-order valence-electron chi connectivity index (χ2n) is 5.26. The molecule has 1 aliphatic rings. The van der Waals surface area contributed by atoms with E-state index in [0.29, 0.717) is 5.25 Å². The number of thioether (sulfide) groups is 1. The van der Waals surface area contributed by atoms with E-state index in [1.807, 2.05) is 30.8 Å². The highest BCUT2D eigenvalue weighted by Gasteiger charge is 2.20. The molecule has 3 N–H and O–H groups in total. The van der Waals surface area contributed by atoms with Crippen LogP contribution in [0.3, 0.4) is 0 Å². The van der Waals surface area contributed by atoms with Gasteiger partial charge < -0.3 is 5.73 Å². The van der Waals surface area contributed by atoms with Crippen molar-refractivity contribution in [1.82, 2.24) is 4.98 Å². The molecule has 2 rings (SSSR count). The number of hydrogen-bond donors (Lipinski definition) is 2. The quantitative estimate of drug-likeness (QED) is 0.649. The Bertz CT molecular complexity index is 445. The van der Waals surface area contributed by atoms with E-state index < -0.39 is 0 Å². The fraction of sp³-hybridized carbons (Fsp3) is 0.571. The molecule has 0 radical (unpaired) electrons. The first kappa shape index (κ1) is 13.4. The molecule has 1 aromatic heterocycles. The number of nitrogens with two attached hydrogens (primary N) is 1. The average Bonchev–Trinajstić information content (AvgIpc) is 2.28. The lowest BCUT2D eigenvalue weighted by Crippen LogP contribution is -2.16. The molecule has 18 heavy (non-hydrogen) atoms. The minimum Gasteiger partial charge on any atom is -0.384 e. The molecule has 0 amide bonds. The monoisotopic (exact) mass is 263 g/mol. The van der Waals surface area contributed by atoms with Gasteiger partial charge in [0.15, 0.2) is 0 Å². The Labute approximate surface area is 113 Å². The van der Waals surface area contributed by atoms with Crippen LogP contribution in [0.15, 0.2) is 17.2 Å². The summed E-state index contributed by atoms with van der Waals surface area (Å²) in [5.41, 5.74) is 7.28. The topological polar surface area (TPSA) is 62.8 Å². The summed E-state index contributed by atoms with van der Waals surface area (Å²) in [5, 5.41) is 9.20. The van der Waals surface area contributed by atoms with Gasteiger partial charge in [0, 0.05) is 16.5 Å². The van der Waals surface area contributed by atoms with Gasteiger partial charge in [-0.3, -0.25) is 5.41 Å². The second-order valence-corrected chi connectivity index (χ2v) is 6.58. The number of nitrogens with one attached hydrogen (secondary N) is 1. The van der Waals surface area contributed by atoms with Crippen molar-refractivity contribution in [3.8, 4) is 0 Å². The summed E-state index contributed by atoms with van der Waals surface area (Å²) in [6.07, 6.45) is 5.23. The van der Waals surface area contributed by atoms with Gasteiger partial charge in [-0.25, -0.2) is 4.98 Å². The third-order valence-electron chi connectivity index (χ3n) is 3.42. The molecule has 0 spiro atoms. The molecule has 0 bridgehead atoms. The van der Waals surface area contributed by atoms with E-state index in [1.165, 1.54) is 25.7 Å². The van der Waals surface area contributed by atoms with Crippen LogP contribution < -0.4 is 5.73 Å². The van der Waals surface area contributed by atoms with E-state index in [-0.39, 0.29) is 5.84 Å². The van der Waals surface area contributed by atoms with Gasteiger partial charge in [-0.1, -0.05) is 19.8 Å². The van der Waals surface area contributed by atoms with Crippen molar-refractivity contribution in [2.24, 2.45) is 11.7 Å². The summed E-state index contributed by atoms with van der Waals surface area (Å²) in [5.74, 6) is 0.952. The third-order valence-corrected chi connectivity index (χ3v) is 4.63. The summed E-state index contributed by atoms with van der Waals surface area (Å²) in [4.78, 5) is 4.55. The summed E-state index contributed by atoms with van der Waals surface area (Å²) >= 11 is 1.85. The zero-order chi connectivity index (χ0) is 13.1. The first-order valence-electron chi connectivity index (χ1n) is 6.54. The second kappa shape index (κ2) is 5.74. The third kappa shape index (κ3) is 3.48. The molecule has 98 valence electrons. The van der Waals surface area contributed by atoms with Crippen molar-refractivity contribution in [2.75, 3.05) is 0 Å². The van der Waals surface area contributed by atoms with Gasteiger partial charge >= 0.3 is 0 Å². The van der Waals surface area contributed by atoms with Gasteiger partial charge in [-0.05, 0) is 37.8 Å². The van der Waals surface area contributed by atoms with Crippen LogP contribution in [-0.2, 0) is 0 Å². The summed E-state index contributed by atoms with van der Waals surface area (Å²) in [7, 11) is 0. The minimum absolute atomic E-state index is 0.124. The van der Waals surface area contributed by atoms with Crippen LogP contribution in [0.4, 0.5) is 0 Å². The largest absolute Gasteiger partial charge is 0.384 e. The molecule has 2 atom stereocenters. The highest BCUT2D eigenvalue weighted by atomic mass is 32.2. The minimum atomic E-state index is 0.124. The van der Waals surface area contributed by atoms with Crippen LogP contribution in [0.1, 0.15) is 43.9 Å². The Balaban J connectivity index is 2.10. The molecular formula is C14H21N3S. The lowest BCUT2D eigenvalue weighted by atomic mass is 9.91. The Hall–Kier alpha value is -1.03. The van der Waals surface area contributed by atoms with Crippen LogP contribution in [0.25, 0.3) is 0 Å². The molecule has 0 saturated heterocycles. The number of nitrogen functional groups attached to an aromatic ring is 1. The van der Waals surface area contributed by atoms with Crippen molar-refractivity contribution in [1.29, 1.82) is 5.41 Å². The standard InChI is InChI=1S/C14H21N3S/c1-9-4-3-5-12(6-9)18-13-8-11(14(15)16)7-10(2)17-13/h7-9,12H,3-6H2,1-2H3,(H3,15,16). The summed E-state index contributed by atoms with van der Waals surface area (Å²) < 4.78 is 0. The number of rotatable bonds is 3. The van der Waals surface area contributed by atoms with Crippen LogP contribution in [-0.4, -0.2) is 16.1 Å². The number of aromatic nitrogens is 1. The summed E-state index contributed by atoms with van der Waals surface area (Å²) in [6.45, 7) is 4.29. The molecule has 1 fully saturated rings. The van der Waals surface area contributed by atoms with Crippen molar-refractivity contribution in [3.63, 3.8) is 0 Å². The van der Waals surface area contributed by atoms with Gasteiger partial charge in [0.1, 0.15) is 5.84 Å². The maximum Gasteiger partial charge on any atom is 0.122 e. The highest BCUT2D eigenvalue weighted by molar-refractivity contribution is 7.99. The zero-order valence-corrected chi connectivity index (χ0v) is 11.9. The molecule has 3 nitrogen and oxygen atoms in total. The van der Waals surface area contributed by atoms with E-state index in [0.717, 1.165) is 22.2 Å². The predicted octanol–water partition coefficient (Wildman–Crippen LogP) is 3.34. The van der Waals surface area contributed by atoms with Crippen LogP contribution >= 0.6 is 11.8 Å². The molecule has 1 saturated carbocycles. The highest BCUT2D eigenvalue weighted by Crippen LogP contribution is 2.35. The Morgan fingerprint density at radius 1 is 1.44 bits per heavy atom. The number of aryl methyl sites for hydroxylation is 1. The SMILES string of the molecule is Cc1cc(C(=N)N)cc(SC2CCCC(C)C2)n1. The van der Waals surface area contributed by atoms with Gasteiger partial charge in [0.05, 0.1) is 5.03 Å². The van der Waals surface area contributed by atoms with Crippen molar-refractivity contribution >= 4 is 17.6 Å². The smallest absolute Gasteiger partial charge is 0.122 e. The van der Waals surface area contributed by atoms with E-state index in [4.69, 9.17) is 11.1 Å². The lowest BCUT2D eigenvalue weighted by molar-refractivity contribution is 0.394. The Kier molecular flexibility index (Phi) is 4.27. The first-order valence-corrected chi connectivity index (χ1v) is 7.42. The van der Waals surface area contributed by atoms with Crippen molar-refractivity contribution < 1.29 is 0 Å². The maximum atomic E-state index is 7.52. The fourth-order valence-corrected chi connectivity index (χ4v) is 3.95. The van der Waals surface area contributed by atoms with E-state index in [2.05, 4.69) is 11.9 Å². The van der Waals surface area contributed by atoms with Gasteiger partial charge in [0.25, 0.3) is 0 Å². The molecule has 0 aromatic carbocycles. The summed E-state index contributed by atoms with van der Waals surface area (Å²) in [6, 6.07) is 3.81. The number of nitrogens with zero attached hydrogens (tertiary/aromatic N) is 1. The molecular weight excluding hydrogens is 242 g/mol. The molecule has 0 aliphatic heterocycles. The maximum absolute atomic E-state index is 7.52. The van der Waals surface area contributed by atoms with Crippen molar-refractivity contribution in [3.05, 3.63) is 23.4 Å². The Morgan fingerprint density at radius 2 is 2.22 bits per heavy atom. The van der Waals surface area contributed by atoms with E-state index in [1.54, 1.807) is 0 Å². The predicted molar refractivity (Wildman–Crippen MR) is 77.3 cm³/mol. The normalized spacial score (nSPS) is 23.9. The van der Waals surface area contributed by atoms with E-state index >= 15 is 0 Å². The van der Waals surface area contributed by atoms with Crippen LogP contribution in [0.2, 0.25) is 0 Å². The number of pyridine rings is 1. The van der Waals surface area contributed by atoms with Crippen molar-refractivity contribution in [2.45, 2.75) is 49.8 Å². The molecule has 2 unspecified atom stereocenters. The first-order chi connectivity index (χ1) is 8.54. The van der Waals surface area contributed by atoms with Gasteiger partial charge in [-0.2, -0.15) is 0 Å². The average molecular weight is 263 g/mol. The molecule has 4 heteroatoms. The number of hydrogen-bond acceptors (Lipinski definition) is 3. The zero-order valence-electron chi connectivity index (χ0n) is 11.1. The fourth-order valence-electron chi connectivity index (χ4n) is 2.51. The molecule has 1 aromatic rings. The van der Waals surface area contributed by atoms with Crippen LogP contribution in [0, 0.1) is 18.3 Å². The Morgan fingerprint density at radius 3 is 2.89 bits per heavy atom.